The van der Waals surface area contributed by atoms with E-state index in [4.69, 9.17) is 21.1 Å². The van der Waals surface area contributed by atoms with Crippen LogP contribution in [0.2, 0.25) is 5.02 Å². The second kappa shape index (κ2) is 6.97. The number of methoxy groups -OCH3 is 1. The van der Waals surface area contributed by atoms with Crippen molar-refractivity contribution in [2.24, 2.45) is 0 Å². The van der Waals surface area contributed by atoms with E-state index in [1.165, 1.54) is 6.42 Å². The van der Waals surface area contributed by atoms with Crippen molar-refractivity contribution in [2.75, 3.05) is 26.7 Å². The molecule has 1 N–H and O–H groups in total. The Labute approximate surface area is 141 Å². The van der Waals surface area contributed by atoms with Gasteiger partial charge >= 0.3 is 6.03 Å². The SMILES string of the molecule is COC1(CNC(=O)N2CCC(Oc3ccccc3Cl)C2)CCC1. The first kappa shape index (κ1) is 16.4. The van der Waals surface area contributed by atoms with E-state index in [1.54, 1.807) is 18.1 Å². The van der Waals surface area contributed by atoms with E-state index in [0.29, 0.717) is 30.4 Å². The highest BCUT2D eigenvalue weighted by molar-refractivity contribution is 6.32. The average molecular weight is 339 g/mol. The van der Waals surface area contributed by atoms with Crippen LogP contribution in [0.1, 0.15) is 25.7 Å². The maximum Gasteiger partial charge on any atom is 0.317 e. The number of para-hydroxylation sites is 1. The van der Waals surface area contributed by atoms with Crippen molar-refractivity contribution in [3.05, 3.63) is 29.3 Å². The molecule has 3 rings (SSSR count). The van der Waals surface area contributed by atoms with Gasteiger partial charge in [0, 0.05) is 26.6 Å². The van der Waals surface area contributed by atoms with Crippen molar-refractivity contribution in [1.82, 2.24) is 10.2 Å². The van der Waals surface area contributed by atoms with Crippen LogP contribution >= 0.6 is 11.6 Å². The first-order valence-corrected chi connectivity index (χ1v) is 8.49. The molecule has 1 unspecified atom stereocenters. The molecule has 0 bridgehead atoms. The standard InChI is InChI=1S/C17H23ClN2O3/c1-22-17(8-4-9-17)12-19-16(21)20-10-7-13(11-20)23-15-6-3-2-5-14(15)18/h2-3,5-6,13H,4,7-12H2,1H3,(H,19,21). The Balaban J connectivity index is 1.47. The second-order valence-corrected chi connectivity index (χ2v) is 6.71. The molecule has 2 amide bonds. The third-order valence-electron chi connectivity index (χ3n) is 4.82. The quantitative estimate of drug-likeness (QED) is 0.897. The zero-order valence-electron chi connectivity index (χ0n) is 13.4. The van der Waals surface area contributed by atoms with Gasteiger partial charge in [-0.05, 0) is 31.4 Å². The van der Waals surface area contributed by atoms with Gasteiger partial charge in [-0.2, -0.15) is 0 Å². The predicted octanol–water partition coefficient (Wildman–Crippen LogP) is 3.07. The van der Waals surface area contributed by atoms with E-state index in [9.17, 15) is 4.79 Å². The van der Waals surface area contributed by atoms with Gasteiger partial charge < -0.3 is 19.7 Å². The van der Waals surface area contributed by atoms with Crippen LogP contribution < -0.4 is 10.1 Å². The number of nitrogens with one attached hydrogen (secondary N) is 1. The van der Waals surface area contributed by atoms with E-state index in [1.807, 2.05) is 18.2 Å². The molecule has 0 spiro atoms. The molecule has 1 saturated heterocycles. The minimum absolute atomic E-state index is 0.0132. The molecule has 1 aromatic carbocycles. The summed E-state index contributed by atoms with van der Waals surface area (Å²) in [4.78, 5) is 14.1. The van der Waals surface area contributed by atoms with Crippen molar-refractivity contribution in [3.63, 3.8) is 0 Å². The number of carbonyl (C=O) groups is 1. The van der Waals surface area contributed by atoms with E-state index in [-0.39, 0.29) is 17.7 Å². The summed E-state index contributed by atoms with van der Waals surface area (Å²) in [7, 11) is 1.72. The summed E-state index contributed by atoms with van der Waals surface area (Å²) in [6.07, 6.45) is 4.00. The van der Waals surface area contributed by atoms with Gasteiger partial charge in [-0.3, -0.25) is 0 Å². The fraction of sp³-hybridized carbons (Fsp3) is 0.588. The molecule has 0 aromatic heterocycles. The third kappa shape index (κ3) is 3.72. The molecular weight excluding hydrogens is 316 g/mol. The number of nitrogens with zero attached hydrogens (tertiary/aromatic N) is 1. The molecule has 1 saturated carbocycles. The van der Waals surface area contributed by atoms with Crippen molar-refractivity contribution < 1.29 is 14.3 Å². The first-order chi connectivity index (χ1) is 11.1. The van der Waals surface area contributed by atoms with Crippen molar-refractivity contribution in [1.29, 1.82) is 0 Å². The van der Waals surface area contributed by atoms with Crippen molar-refractivity contribution in [2.45, 2.75) is 37.4 Å². The van der Waals surface area contributed by atoms with E-state index < -0.39 is 0 Å². The lowest BCUT2D eigenvalue weighted by molar-refractivity contribution is -0.0678. The lowest BCUT2D eigenvalue weighted by Crippen LogP contribution is -2.52. The highest BCUT2D eigenvalue weighted by Gasteiger charge is 2.38. The van der Waals surface area contributed by atoms with Gasteiger partial charge in [0.2, 0.25) is 0 Å². The van der Waals surface area contributed by atoms with Gasteiger partial charge in [0.05, 0.1) is 17.2 Å². The number of carbonyl (C=O) groups excluding carboxylic acids is 1. The van der Waals surface area contributed by atoms with Crippen LogP contribution in [0.5, 0.6) is 5.75 Å². The molecule has 1 atom stereocenters. The molecule has 1 heterocycles. The maximum atomic E-state index is 12.3. The zero-order valence-corrected chi connectivity index (χ0v) is 14.1. The monoisotopic (exact) mass is 338 g/mol. The summed E-state index contributed by atoms with van der Waals surface area (Å²) in [5.41, 5.74) is -0.150. The molecule has 126 valence electrons. The first-order valence-electron chi connectivity index (χ1n) is 8.11. The predicted molar refractivity (Wildman–Crippen MR) is 89.0 cm³/mol. The molecule has 23 heavy (non-hydrogen) atoms. The normalized spacial score (nSPS) is 22.5. The summed E-state index contributed by atoms with van der Waals surface area (Å²) in [6, 6.07) is 7.38. The Kier molecular flexibility index (Phi) is 4.97. The van der Waals surface area contributed by atoms with Gasteiger partial charge in [0.15, 0.2) is 0 Å². The number of urea groups is 1. The number of amides is 2. The minimum Gasteiger partial charge on any atom is -0.487 e. The number of rotatable bonds is 5. The van der Waals surface area contributed by atoms with Crippen LogP contribution in [0.15, 0.2) is 24.3 Å². The van der Waals surface area contributed by atoms with Crippen LogP contribution in [-0.4, -0.2) is 49.4 Å². The lowest BCUT2D eigenvalue weighted by atomic mass is 9.80. The van der Waals surface area contributed by atoms with Gasteiger partial charge in [-0.1, -0.05) is 23.7 Å². The molecule has 6 heteroatoms. The summed E-state index contributed by atoms with van der Waals surface area (Å²) >= 11 is 6.11. The van der Waals surface area contributed by atoms with Crippen LogP contribution in [-0.2, 0) is 4.74 Å². The number of hydrogen-bond donors (Lipinski definition) is 1. The van der Waals surface area contributed by atoms with Gasteiger partial charge in [-0.25, -0.2) is 4.79 Å². The Morgan fingerprint density at radius 1 is 1.43 bits per heavy atom. The average Bonchev–Trinajstić information content (AvgIpc) is 2.97. The van der Waals surface area contributed by atoms with Crippen LogP contribution in [0, 0.1) is 0 Å². The van der Waals surface area contributed by atoms with Crippen LogP contribution in [0.4, 0.5) is 4.79 Å². The molecule has 2 fully saturated rings. The smallest absolute Gasteiger partial charge is 0.317 e. The molecule has 0 radical (unpaired) electrons. The fourth-order valence-corrected chi connectivity index (χ4v) is 3.28. The maximum absolute atomic E-state index is 12.3. The van der Waals surface area contributed by atoms with Crippen molar-refractivity contribution >= 4 is 17.6 Å². The molecular formula is C17H23ClN2O3. The zero-order chi connectivity index (χ0) is 16.3. The van der Waals surface area contributed by atoms with E-state index in [2.05, 4.69) is 5.32 Å². The third-order valence-corrected chi connectivity index (χ3v) is 5.13. The Morgan fingerprint density at radius 3 is 2.87 bits per heavy atom. The number of hydrogen-bond acceptors (Lipinski definition) is 3. The number of halogens is 1. The minimum atomic E-state index is -0.150. The van der Waals surface area contributed by atoms with Gasteiger partial charge in [0.25, 0.3) is 0 Å². The molecule has 5 nitrogen and oxygen atoms in total. The molecule has 2 aliphatic rings. The summed E-state index contributed by atoms with van der Waals surface area (Å²) in [5.74, 6) is 0.675. The fourth-order valence-electron chi connectivity index (χ4n) is 3.10. The highest BCUT2D eigenvalue weighted by atomic mass is 35.5. The number of ether oxygens (including phenoxy) is 2. The Hall–Kier alpha value is -1.46. The van der Waals surface area contributed by atoms with E-state index in [0.717, 1.165) is 19.3 Å². The van der Waals surface area contributed by atoms with Gasteiger partial charge in [0.1, 0.15) is 11.9 Å². The van der Waals surface area contributed by atoms with E-state index >= 15 is 0 Å². The highest BCUT2D eigenvalue weighted by Crippen LogP contribution is 2.34. The summed E-state index contributed by atoms with van der Waals surface area (Å²) in [6.45, 7) is 1.85. The largest absolute Gasteiger partial charge is 0.487 e. The molecule has 1 aromatic rings. The van der Waals surface area contributed by atoms with Crippen LogP contribution in [0.25, 0.3) is 0 Å². The Bertz CT molecular complexity index is 557. The van der Waals surface area contributed by atoms with Crippen molar-refractivity contribution in [3.8, 4) is 5.75 Å². The number of benzene rings is 1. The number of likely N-dealkylation sites (tertiary alicyclic amines) is 1. The Morgan fingerprint density at radius 2 is 2.22 bits per heavy atom. The second-order valence-electron chi connectivity index (χ2n) is 6.30. The summed E-state index contributed by atoms with van der Waals surface area (Å²) in [5, 5.41) is 3.59. The molecule has 1 aliphatic heterocycles. The topological polar surface area (TPSA) is 50.8 Å². The molecule has 1 aliphatic carbocycles. The lowest BCUT2D eigenvalue weighted by Gasteiger charge is -2.40. The van der Waals surface area contributed by atoms with Crippen LogP contribution in [0.3, 0.4) is 0 Å². The summed E-state index contributed by atoms with van der Waals surface area (Å²) < 4.78 is 11.4. The van der Waals surface area contributed by atoms with Gasteiger partial charge in [-0.15, -0.1) is 0 Å².